The number of hydrogen-bond donors (Lipinski definition) is 2. The van der Waals surface area contributed by atoms with Gasteiger partial charge in [-0.05, 0) is 38.1 Å². The van der Waals surface area contributed by atoms with Gasteiger partial charge in [0.2, 0.25) is 0 Å². The first-order valence-corrected chi connectivity index (χ1v) is 6.77. The maximum Gasteiger partial charge on any atom is 0.162 e. The Kier molecular flexibility index (Phi) is 6.50. The van der Waals surface area contributed by atoms with Crippen LogP contribution in [0.25, 0.3) is 0 Å². The summed E-state index contributed by atoms with van der Waals surface area (Å²) in [5, 5.41) is 6.72. The van der Waals surface area contributed by atoms with Crippen LogP contribution in [-0.2, 0) is 0 Å². The fraction of sp³-hybridized carbons (Fsp3) is 0.600. The zero-order chi connectivity index (χ0) is 14.3. The first kappa shape index (κ1) is 15.6. The van der Waals surface area contributed by atoms with Gasteiger partial charge in [-0.2, -0.15) is 0 Å². The minimum Gasteiger partial charge on any atom is -0.493 e. The van der Waals surface area contributed by atoms with Crippen LogP contribution >= 0.6 is 0 Å². The molecule has 4 heteroatoms. The van der Waals surface area contributed by atoms with Gasteiger partial charge >= 0.3 is 0 Å². The summed E-state index contributed by atoms with van der Waals surface area (Å²) in [6.07, 6.45) is 1.15. The van der Waals surface area contributed by atoms with Crippen molar-refractivity contribution in [3.63, 3.8) is 0 Å². The molecule has 19 heavy (non-hydrogen) atoms. The van der Waals surface area contributed by atoms with Crippen LogP contribution in [0.4, 0.5) is 5.69 Å². The fourth-order valence-electron chi connectivity index (χ4n) is 2.07. The zero-order valence-electron chi connectivity index (χ0n) is 12.7. The van der Waals surface area contributed by atoms with Crippen LogP contribution < -0.4 is 20.1 Å². The van der Waals surface area contributed by atoms with Gasteiger partial charge in [0, 0.05) is 18.3 Å². The van der Waals surface area contributed by atoms with Gasteiger partial charge in [0.25, 0.3) is 0 Å². The molecule has 108 valence electrons. The molecule has 0 aromatic heterocycles. The molecule has 0 aliphatic carbocycles. The van der Waals surface area contributed by atoms with Crippen molar-refractivity contribution >= 4 is 5.69 Å². The second-order valence-corrected chi connectivity index (χ2v) is 4.73. The highest BCUT2D eigenvalue weighted by Crippen LogP contribution is 2.32. The second kappa shape index (κ2) is 7.89. The second-order valence-electron chi connectivity index (χ2n) is 4.73. The van der Waals surface area contributed by atoms with Gasteiger partial charge < -0.3 is 20.1 Å². The van der Waals surface area contributed by atoms with Crippen molar-refractivity contribution in [2.24, 2.45) is 5.92 Å². The molecule has 0 saturated heterocycles. The SMILES string of the molecule is CCC(CNC)CNc1cc(OC)c(OC)cc1C. The molecule has 0 bridgehead atoms. The van der Waals surface area contributed by atoms with E-state index in [4.69, 9.17) is 9.47 Å². The summed E-state index contributed by atoms with van der Waals surface area (Å²) in [7, 11) is 5.31. The lowest BCUT2D eigenvalue weighted by atomic mass is 10.1. The lowest BCUT2D eigenvalue weighted by Gasteiger charge is -2.18. The topological polar surface area (TPSA) is 42.5 Å². The number of methoxy groups -OCH3 is 2. The van der Waals surface area contributed by atoms with Crippen molar-refractivity contribution in [2.75, 3.05) is 39.7 Å². The zero-order valence-corrected chi connectivity index (χ0v) is 12.7. The molecule has 1 rings (SSSR count). The van der Waals surface area contributed by atoms with Gasteiger partial charge in [-0.3, -0.25) is 0 Å². The van der Waals surface area contributed by atoms with Crippen LogP contribution in [0.5, 0.6) is 11.5 Å². The van der Waals surface area contributed by atoms with Crippen LogP contribution in [-0.4, -0.2) is 34.4 Å². The van der Waals surface area contributed by atoms with E-state index in [1.165, 1.54) is 0 Å². The van der Waals surface area contributed by atoms with Gasteiger partial charge in [-0.15, -0.1) is 0 Å². The smallest absolute Gasteiger partial charge is 0.162 e. The summed E-state index contributed by atoms with van der Waals surface area (Å²) in [5.74, 6) is 2.16. The Hall–Kier alpha value is -1.42. The Morgan fingerprint density at radius 1 is 1.11 bits per heavy atom. The summed E-state index contributed by atoms with van der Waals surface area (Å²) in [5.41, 5.74) is 2.27. The van der Waals surface area contributed by atoms with Gasteiger partial charge in [0.15, 0.2) is 11.5 Å². The number of nitrogens with one attached hydrogen (secondary N) is 2. The highest BCUT2D eigenvalue weighted by atomic mass is 16.5. The Morgan fingerprint density at radius 3 is 2.26 bits per heavy atom. The molecule has 0 amide bonds. The number of ether oxygens (including phenoxy) is 2. The quantitative estimate of drug-likeness (QED) is 0.759. The molecule has 0 saturated carbocycles. The lowest BCUT2D eigenvalue weighted by molar-refractivity contribution is 0.355. The molecular weight excluding hydrogens is 240 g/mol. The predicted octanol–water partition coefficient (Wildman–Crippen LogP) is 2.67. The molecule has 2 N–H and O–H groups in total. The Labute approximate surface area is 116 Å². The molecule has 0 heterocycles. The molecule has 1 aromatic rings. The van der Waals surface area contributed by atoms with Crippen LogP contribution in [0.1, 0.15) is 18.9 Å². The van der Waals surface area contributed by atoms with E-state index in [0.717, 1.165) is 42.3 Å². The van der Waals surface area contributed by atoms with E-state index in [2.05, 4.69) is 24.5 Å². The van der Waals surface area contributed by atoms with Gasteiger partial charge in [-0.1, -0.05) is 13.3 Å². The minimum atomic E-state index is 0.623. The van der Waals surface area contributed by atoms with Gasteiger partial charge in [0.1, 0.15) is 0 Å². The average Bonchev–Trinajstić information content (AvgIpc) is 2.44. The van der Waals surface area contributed by atoms with Crippen LogP contribution in [0, 0.1) is 12.8 Å². The number of hydrogen-bond acceptors (Lipinski definition) is 4. The van der Waals surface area contributed by atoms with Crippen molar-refractivity contribution in [1.29, 1.82) is 0 Å². The van der Waals surface area contributed by atoms with Crippen LogP contribution in [0.2, 0.25) is 0 Å². The molecule has 0 aliphatic heterocycles. The summed E-state index contributed by atoms with van der Waals surface area (Å²) >= 11 is 0. The normalized spacial score (nSPS) is 12.1. The van der Waals surface area contributed by atoms with E-state index in [0.29, 0.717) is 5.92 Å². The third-order valence-electron chi connectivity index (χ3n) is 3.38. The fourth-order valence-corrected chi connectivity index (χ4v) is 2.07. The molecule has 0 spiro atoms. The van der Waals surface area contributed by atoms with Crippen molar-refractivity contribution in [1.82, 2.24) is 5.32 Å². The molecule has 4 nitrogen and oxygen atoms in total. The van der Waals surface area contributed by atoms with Gasteiger partial charge in [0.05, 0.1) is 14.2 Å². The molecule has 0 aliphatic rings. The van der Waals surface area contributed by atoms with E-state index < -0.39 is 0 Å². The van der Waals surface area contributed by atoms with Crippen LogP contribution in [0.3, 0.4) is 0 Å². The van der Waals surface area contributed by atoms with Gasteiger partial charge in [-0.25, -0.2) is 0 Å². The Bertz CT molecular complexity index is 394. The molecular formula is C15H26N2O2. The molecule has 1 aromatic carbocycles. The molecule has 1 atom stereocenters. The van der Waals surface area contributed by atoms with Crippen molar-refractivity contribution in [2.45, 2.75) is 20.3 Å². The Balaban J connectivity index is 2.77. The standard InChI is InChI=1S/C15H26N2O2/c1-6-12(9-16-3)10-17-13-8-15(19-5)14(18-4)7-11(13)2/h7-8,12,16-17H,6,9-10H2,1-5H3. The number of anilines is 1. The van der Waals surface area contributed by atoms with E-state index in [-0.39, 0.29) is 0 Å². The third-order valence-corrected chi connectivity index (χ3v) is 3.38. The summed E-state index contributed by atoms with van der Waals surface area (Å²) in [6.45, 7) is 6.26. The highest BCUT2D eigenvalue weighted by molar-refractivity contribution is 5.60. The number of aryl methyl sites for hydroxylation is 1. The van der Waals surface area contributed by atoms with E-state index >= 15 is 0 Å². The van der Waals surface area contributed by atoms with E-state index in [1.54, 1.807) is 14.2 Å². The summed E-state index contributed by atoms with van der Waals surface area (Å²) in [4.78, 5) is 0. The van der Waals surface area contributed by atoms with Crippen molar-refractivity contribution in [3.8, 4) is 11.5 Å². The maximum atomic E-state index is 5.34. The monoisotopic (exact) mass is 266 g/mol. The molecule has 0 fully saturated rings. The highest BCUT2D eigenvalue weighted by Gasteiger charge is 2.10. The predicted molar refractivity (Wildman–Crippen MR) is 80.5 cm³/mol. The molecule has 1 unspecified atom stereocenters. The van der Waals surface area contributed by atoms with Crippen LogP contribution in [0.15, 0.2) is 12.1 Å². The summed E-state index contributed by atoms with van der Waals surface area (Å²) < 4.78 is 10.6. The van der Waals surface area contributed by atoms with Crippen molar-refractivity contribution in [3.05, 3.63) is 17.7 Å². The lowest BCUT2D eigenvalue weighted by Crippen LogP contribution is -2.25. The minimum absolute atomic E-state index is 0.623. The summed E-state index contributed by atoms with van der Waals surface area (Å²) in [6, 6.07) is 4.00. The average molecular weight is 266 g/mol. The maximum absolute atomic E-state index is 5.34. The first-order chi connectivity index (χ1) is 9.15. The number of rotatable bonds is 8. The largest absolute Gasteiger partial charge is 0.493 e. The number of benzene rings is 1. The van der Waals surface area contributed by atoms with Crippen molar-refractivity contribution < 1.29 is 9.47 Å². The van der Waals surface area contributed by atoms with E-state index in [9.17, 15) is 0 Å². The third kappa shape index (κ3) is 4.31. The molecule has 0 radical (unpaired) electrons. The Morgan fingerprint density at radius 2 is 1.74 bits per heavy atom. The first-order valence-electron chi connectivity index (χ1n) is 6.77. The van der Waals surface area contributed by atoms with E-state index in [1.807, 2.05) is 19.2 Å².